The van der Waals surface area contributed by atoms with E-state index < -0.39 is 0 Å². The lowest BCUT2D eigenvalue weighted by Crippen LogP contribution is -2.30. The predicted octanol–water partition coefficient (Wildman–Crippen LogP) is 0.934. The van der Waals surface area contributed by atoms with Crippen molar-refractivity contribution in [2.24, 2.45) is 5.73 Å². The fraction of sp³-hybridized carbons (Fsp3) is 1.00. The van der Waals surface area contributed by atoms with E-state index in [0.717, 1.165) is 13.0 Å². The Balaban J connectivity index is 0.000000640. The molecule has 1 unspecified atom stereocenters. The largest absolute Gasteiger partial charge is 0.377 e. The molecule has 0 aromatic carbocycles. The second-order valence-electron chi connectivity index (χ2n) is 2.41. The summed E-state index contributed by atoms with van der Waals surface area (Å²) in [7, 11) is 0. The average Bonchev–Trinajstić information content (AvgIpc) is 2.12. The van der Waals surface area contributed by atoms with Gasteiger partial charge in [-0.1, -0.05) is 0 Å². The number of halogens is 1. The van der Waals surface area contributed by atoms with Crippen molar-refractivity contribution in [1.29, 1.82) is 0 Å². The van der Waals surface area contributed by atoms with Gasteiger partial charge >= 0.3 is 0 Å². The van der Waals surface area contributed by atoms with E-state index in [2.05, 4.69) is 0 Å². The second-order valence-corrected chi connectivity index (χ2v) is 2.41. The summed E-state index contributed by atoms with van der Waals surface area (Å²) in [5, 5.41) is 0. The van der Waals surface area contributed by atoms with Crippen molar-refractivity contribution in [3.05, 3.63) is 0 Å². The molecule has 0 aliphatic carbocycles. The third-order valence-electron chi connectivity index (χ3n) is 1.55. The molecule has 56 valence electrons. The molecule has 2 N–H and O–H groups in total. The van der Waals surface area contributed by atoms with Crippen LogP contribution in [0.3, 0.4) is 0 Å². The van der Waals surface area contributed by atoms with Crippen LogP contribution in [-0.4, -0.2) is 18.8 Å². The van der Waals surface area contributed by atoms with Gasteiger partial charge < -0.3 is 10.5 Å². The van der Waals surface area contributed by atoms with Gasteiger partial charge in [0.1, 0.15) is 0 Å². The van der Waals surface area contributed by atoms with Gasteiger partial charge in [-0.3, -0.25) is 0 Å². The molecule has 3 heteroatoms. The fourth-order valence-electron chi connectivity index (χ4n) is 1.02. The molecule has 0 amide bonds. The summed E-state index contributed by atoms with van der Waals surface area (Å²) in [4.78, 5) is 0. The number of hydrogen-bond donors (Lipinski definition) is 1. The summed E-state index contributed by atoms with van der Waals surface area (Å²) in [5.74, 6) is 0. The van der Waals surface area contributed by atoms with E-state index in [0.29, 0.717) is 6.10 Å². The monoisotopic (exact) mass is 151 g/mol. The first-order valence-electron chi connectivity index (χ1n) is 3.18. The molecule has 0 saturated carbocycles. The minimum atomic E-state index is 0. The molecule has 9 heavy (non-hydrogen) atoms. The summed E-state index contributed by atoms with van der Waals surface area (Å²) in [5.41, 5.74) is 5.57. The van der Waals surface area contributed by atoms with E-state index in [1.807, 2.05) is 6.92 Å². The highest BCUT2D eigenvalue weighted by Gasteiger charge is 2.18. The SMILES string of the molecule is C[C@H](N)C1CCCO1.Cl. The maximum Gasteiger partial charge on any atom is 0.0724 e. The van der Waals surface area contributed by atoms with Crippen molar-refractivity contribution in [2.45, 2.75) is 31.9 Å². The molecule has 1 saturated heterocycles. The first kappa shape index (κ1) is 9.21. The Labute approximate surface area is 62.2 Å². The third-order valence-corrected chi connectivity index (χ3v) is 1.55. The standard InChI is InChI=1S/C6H13NO.ClH/c1-5(7)6-3-2-4-8-6;/h5-6H,2-4,7H2,1H3;1H/t5-,6?;/m0./s1. The average molecular weight is 152 g/mol. The zero-order valence-electron chi connectivity index (χ0n) is 5.67. The van der Waals surface area contributed by atoms with E-state index in [-0.39, 0.29) is 18.4 Å². The smallest absolute Gasteiger partial charge is 0.0724 e. The van der Waals surface area contributed by atoms with Crippen molar-refractivity contribution in [3.63, 3.8) is 0 Å². The van der Waals surface area contributed by atoms with E-state index in [4.69, 9.17) is 10.5 Å². The Morgan fingerprint density at radius 3 is 2.56 bits per heavy atom. The maximum absolute atomic E-state index is 5.57. The fourth-order valence-corrected chi connectivity index (χ4v) is 1.02. The van der Waals surface area contributed by atoms with E-state index in [1.54, 1.807) is 0 Å². The molecule has 1 fully saturated rings. The lowest BCUT2D eigenvalue weighted by atomic mass is 10.1. The normalized spacial score (nSPS) is 29.3. The van der Waals surface area contributed by atoms with Crippen LogP contribution in [0, 0.1) is 0 Å². The Morgan fingerprint density at radius 1 is 1.67 bits per heavy atom. The lowest BCUT2D eigenvalue weighted by molar-refractivity contribution is 0.0947. The quantitative estimate of drug-likeness (QED) is 0.606. The van der Waals surface area contributed by atoms with Crippen molar-refractivity contribution in [3.8, 4) is 0 Å². The molecular weight excluding hydrogens is 138 g/mol. The molecule has 0 spiro atoms. The van der Waals surface area contributed by atoms with E-state index >= 15 is 0 Å². The van der Waals surface area contributed by atoms with Crippen LogP contribution >= 0.6 is 12.4 Å². The van der Waals surface area contributed by atoms with Crippen molar-refractivity contribution in [2.75, 3.05) is 6.61 Å². The maximum atomic E-state index is 5.57. The lowest BCUT2D eigenvalue weighted by Gasteiger charge is -2.11. The molecule has 0 aromatic heterocycles. The van der Waals surface area contributed by atoms with Crippen LogP contribution in [-0.2, 0) is 4.74 Å². The molecule has 0 bridgehead atoms. The van der Waals surface area contributed by atoms with Crippen molar-refractivity contribution < 1.29 is 4.74 Å². The summed E-state index contributed by atoms with van der Waals surface area (Å²) in [6.45, 7) is 2.90. The van der Waals surface area contributed by atoms with Gasteiger partial charge in [-0.15, -0.1) is 12.4 Å². The molecule has 2 atom stereocenters. The van der Waals surface area contributed by atoms with Gasteiger partial charge in [0.25, 0.3) is 0 Å². The zero-order chi connectivity index (χ0) is 5.98. The molecule has 1 rings (SSSR count). The van der Waals surface area contributed by atoms with E-state index in [1.165, 1.54) is 6.42 Å². The zero-order valence-corrected chi connectivity index (χ0v) is 6.49. The Bertz CT molecular complexity index is 71.5. The highest BCUT2D eigenvalue weighted by molar-refractivity contribution is 5.85. The van der Waals surface area contributed by atoms with Crippen LogP contribution in [0.2, 0.25) is 0 Å². The minimum Gasteiger partial charge on any atom is -0.377 e. The predicted molar refractivity (Wildman–Crippen MR) is 39.9 cm³/mol. The topological polar surface area (TPSA) is 35.2 Å². The number of rotatable bonds is 1. The summed E-state index contributed by atoms with van der Waals surface area (Å²) in [6, 6.07) is 0.220. The van der Waals surface area contributed by atoms with Gasteiger partial charge in [0.05, 0.1) is 6.10 Å². The summed E-state index contributed by atoms with van der Waals surface area (Å²) >= 11 is 0. The van der Waals surface area contributed by atoms with Gasteiger partial charge in [-0.2, -0.15) is 0 Å². The van der Waals surface area contributed by atoms with Gasteiger partial charge in [-0.05, 0) is 19.8 Å². The van der Waals surface area contributed by atoms with Crippen molar-refractivity contribution >= 4 is 12.4 Å². The number of hydrogen-bond acceptors (Lipinski definition) is 2. The molecule has 0 radical (unpaired) electrons. The van der Waals surface area contributed by atoms with Crippen LogP contribution in [0.15, 0.2) is 0 Å². The van der Waals surface area contributed by atoms with Crippen LogP contribution in [0.5, 0.6) is 0 Å². The summed E-state index contributed by atoms with van der Waals surface area (Å²) < 4.78 is 5.29. The van der Waals surface area contributed by atoms with Gasteiger partial charge in [-0.25, -0.2) is 0 Å². The van der Waals surface area contributed by atoms with Gasteiger partial charge in [0.2, 0.25) is 0 Å². The Kier molecular flexibility index (Phi) is 4.19. The van der Waals surface area contributed by atoms with Gasteiger partial charge in [0.15, 0.2) is 0 Å². The highest BCUT2D eigenvalue weighted by atomic mass is 35.5. The first-order valence-corrected chi connectivity index (χ1v) is 3.18. The summed E-state index contributed by atoms with van der Waals surface area (Å²) in [6.07, 6.45) is 2.68. The van der Waals surface area contributed by atoms with Crippen LogP contribution in [0.4, 0.5) is 0 Å². The second kappa shape index (κ2) is 4.09. The molecule has 0 aromatic rings. The third kappa shape index (κ3) is 2.52. The molecular formula is C6H14ClNO. The highest BCUT2D eigenvalue weighted by Crippen LogP contribution is 2.13. The van der Waals surface area contributed by atoms with Crippen LogP contribution in [0.25, 0.3) is 0 Å². The van der Waals surface area contributed by atoms with Gasteiger partial charge in [0, 0.05) is 12.6 Å². The van der Waals surface area contributed by atoms with E-state index in [9.17, 15) is 0 Å². The molecule has 1 aliphatic rings. The van der Waals surface area contributed by atoms with Crippen LogP contribution < -0.4 is 5.73 Å². The Hall–Kier alpha value is 0.210. The van der Waals surface area contributed by atoms with Crippen LogP contribution in [0.1, 0.15) is 19.8 Å². The van der Waals surface area contributed by atoms with Crippen molar-refractivity contribution in [1.82, 2.24) is 0 Å². The first-order chi connectivity index (χ1) is 3.80. The molecule has 2 nitrogen and oxygen atoms in total. The number of nitrogens with two attached hydrogens (primary N) is 1. The molecule has 1 heterocycles. The minimum absolute atomic E-state index is 0. The number of ether oxygens (including phenoxy) is 1. The Morgan fingerprint density at radius 2 is 2.33 bits per heavy atom. The molecule has 1 aliphatic heterocycles.